The summed E-state index contributed by atoms with van der Waals surface area (Å²) in [4.78, 5) is 55.6. The van der Waals surface area contributed by atoms with Gasteiger partial charge in [0.15, 0.2) is 18.2 Å². The Kier molecular flexibility index (Phi) is 14.9. The number of likely N-dealkylation sites (tertiary alicyclic amines) is 1. The summed E-state index contributed by atoms with van der Waals surface area (Å²) in [7, 11) is 1.34. The van der Waals surface area contributed by atoms with Crippen molar-refractivity contribution in [1.82, 2.24) is 20.4 Å². The summed E-state index contributed by atoms with van der Waals surface area (Å²) in [5.74, 6) is -0.467. The van der Waals surface area contributed by atoms with E-state index in [0.29, 0.717) is 18.6 Å². The molecule has 20 heteroatoms. The summed E-state index contributed by atoms with van der Waals surface area (Å²) >= 11 is 0. The van der Waals surface area contributed by atoms with Gasteiger partial charge in [-0.1, -0.05) is 0 Å². The summed E-state index contributed by atoms with van der Waals surface area (Å²) in [6.07, 6.45) is -8.91. The summed E-state index contributed by atoms with van der Waals surface area (Å²) < 4.78 is 40.9. The SMILES string of the molecule is CN(C(=O)OC(C)(C)C)[C@@H]1[C@@H](O)[C@@H](O[C@@H]2[C@@H](O)[C@H](O[C@@H]3CCC=C(CN)O3)[C@@H](NC(=O)OC(C)(C)C)C[C@H]2NC(=O)C2(O)CCN(C(=O)OC(C)(C)C)C2)OC[C@]1(C)O. The van der Waals surface area contributed by atoms with E-state index >= 15 is 0 Å². The number of carbonyl (C=O) groups excluding carboxylic acids is 4. The van der Waals surface area contributed by atoms with Crippen molar-refractivity contribution in [2.24, 2.45) is 5.73 Å². The first-order chi connectivity index (χ1) is 27.0. The van der Waals surface area contributed by atoms with Crippen LogP contribution in [0.1, 0.15) is 94.9 Å². The van der Waals surface area contributed by atoms with Gasteiger partial charge in [-0.25, -0.2) is 14.4 Å². The van der Waals surface area contributed by atoms with Crippen LogP contribution in [0.15, 0.2) is 11.8 Å². The number of rotatable bonds is 9. The number of likely N-dealkylation sites (N-methyl/N-ethyl adjacent to an activating group) is 1. The number of hydrogen-bond donors (Lipinski definition) is 7. The Morgan fingerprint density at radius 2 is 1.51 bits per heavy atom. The third kappa shape index (κ3) is 12.8. The Hall–Kier alpha value is -3.50. The zero-order chi connectivity index (χ0) is 44.5. The van der Waals surface area contributed by atoms with Gasteiger partial charge < -0.3 is 79.8 Å². The predicted octanol–water partition coefficient (Wildman–Crippen LogP) is 0.954. The fourth-order valence-electron chi connectivity index (χ4n) is 7.44. The smallest absolute Gasteiger partial charge is 0.410 e. The van der Waals surface area contributed by atoms with Crippen LogP contribution in [0.4, 0.5) is 14.4 Å². The van der Waals surface area contributed by atoms with Crippen molar-refractivity contribution in [2.75, 3.05) is 33.3 Å². The maximum absolute atomic E-state index is 14.1. The van der Waals surface area contributed by atoms with Gasteiger partial charge in [0.25, 0.3) is 5.91 Å². The minimum Gasteiger partial charge on any atom is -0.468 e. The number of carbonyl (C=O) groups is 4. The first-order valence-corrected chi connectivity index (χ1v) is 20.1. The number of β-amino-alcohol motifs (C(OH)–C–C–N with tert-alkyl or cyclic N) is 1. The molecule has 3 heterocycles. The van der Waals surface area contributed by atoms with Gasteiger partial charge in [-0.15, -0.1) is 0 Å². The van der Waals surface area contributed by atoms with Crippen LogP contribution in [-0.2, 0) is 38.0 Å². The van der Waals surface area contributed by atoms with Crippen LogP contribution in [0.2, 0.25) is 0 Å². The second-order valence-electron chi connectivity index (χ2n) is 19.0. The lowest BCUT2D eigenvalue weighted by Crippen LogP contribution is -2.71. The van der Waals surface area contributed by atoms with E-state index in [1.54, 1.807) is 62.3 Å². The fraction of sp³-hybridized carbons (Fsp3) is 0.846. The molecule has 4 rings (SSSR count). The summed E-state index contributed by atoms with van der Waals surface area (Å²) in [6, 6.07) is -3.68. The van der Waals surface area contributed by atoms with Crippen LogP contribution < -0.4 is 16.4 Å². The van der Waals surface area contributed by atoms with E-state index in [1.807, 2.05) is 6.08 Å². The fourth-order valence-corrected chi connectivity index (χ4v) is 7.44. The number of aliphatic hydroxyl groups excluding tert-OH is 2. The molecular weight excluding hydrogens is 778 g/mol. The Bertz CT molecular complexity index is 1540. The quantitative estimate of drug-likeness (QED) is 0.159. The van der Waals surface area contributed by atoms with Crippen LogP contribution in [0.3, 0.4) is 0 Å². The number of hydrogen-bond acceptors (Lipinski definition) is 16. The summed E-state index contributed by atoms with van der Waals surface area (Å²) in [5.41, 5.74) is -0.734. The molecule has 0 spiro atoms. The van der Waals surface area contributed by atoms with Crippen molar-refractivity contribution < 1.29 is 72.8 Å². The van der Waals surface area contributed by atoms with Crippen molar-refractivity contribution in [3.05, 3.63) is 11.8 Å². The van der Waals surface area contributed by atoms with E-state index in [4.69, 9.17) is 38.9 Å². The molecule has 4 amide bonds. The minimum atomic E-state index is -2.10. The van der Waals surface area contributed by atoms with Crippen LogP contribution >= 0.6 is 0 Å². The van der Waals surface area contributed by atoms with Gasteiger partial charge in [0.1, 0.15) is 52.6 Å². The Labute approximate surface area is 345 Å². The molecule has 1 aliphatic carbocycles. The lowest BCUT2D eigenvalue weighted by Gasteiger charge is -2.50. The highest BCUT2D eigenvalue weighted by Gasteiger charge is 2.56. The van der Waals surface area contributed by atoms with Gasteiger partial charge in [0.2, 0.25) is 0 Å². The summed E-state index contributed by atoms with van der Waals surface area (Å²) in [5, 5.41) is 52.4. The maximum atomic E-state index is 14.1. The third-order valence-corrected chi connectivity index (χ3v) is 10.1. The van der Waals surface area contributed by atoms with Gasteiger partial charge in [-0.05, 0) is 88.2 Å². The van der Waals surface area contributed by atoms with Crippen LogP contribution in [0.25, 0.3) is 0 Å². The molecule has 59 heavy (non-hydrogen) atoms. The van der Waals surface area contributed by atoms with Gasteiger partial charge >= 0.3 is 18.3 Å². The molecule has 20 nitrogen and oxygen atoms in total. The number of allylic oxidation sites excluding steroid dienone is 1. The Balaban J connectivity index is 1.69. The number of nitrogens with two attached hydrogens (primary N) is 1. The maximum Gasteiger partial charge on any atom is 0.410 e. The number of aliphatic hydroxyl groups is 4. The molecule has 0 aromatic heterocycles. The van der Waals surface area contributed by atoms with Crippen molar-refractivity contribution in [2.45, 2.75) is 178 Å². The normalized spacial score (nSPS) is 34.2. The van der Waals surface area contributed by atoms with Gasteiger partial charge in [0, 0.05) is 26.4 Å². The molecule has 4 aliphatic rings. The van der Waals surface area contributed by atoms with Gasteiger partial charge in [-0.2, -0.15) is 0 Å². The number of amides is 4. The van der Waals surface area contributed by atoms with Crippen molar-refractivity contribution in [3.8, 4) is 0 Å². The number of ether oxygens (including phenoxy) is 7. The summed E-state index contributed by atoms with van der Waals surface area (Å²) in [6.45, 7) is 15.6. The van der Waals surface area contributed by atoms with E-state index in [1.165, 1.54) is 18.9 Å². The molecular formula is C39H67N5O15. The molecule has 11 atom stereocenters. The van der Waals surface area contributed by atoms with E-state index in [2.05, 4.69) is 10.6 Å². The van der Waals surface area contributed by atoms with Crippen LogP contribution in [0.5, 0.6) is 0 Å². The number of nitrogens with one attached hydrogen (secondary N) is 2. The predicted molar refractivity (Wildman–Crippen MR) is 208 cm³/mol. The zero-order valence-corrected chi connectivity index (χ0v) is 36.2. The average Bonchev–Trinajstić information content (AvgIpc) is 3.50. The average molecular weight is 846 g/mol. The highest BCUT2D eigenvalue weighted by molar-refractivity contribution is 5.87. The second kappa shape index (κ2) is 18.2. The zero-order valence-electron chi connectivity index (χ0n) is 36.2. The molecule has 0 radical (unpaired) electrons. The topological polar surface area (TPSA) is 270 Å². The largest absolute Gasteiger partial charge is 0.468 e. The number of alkyl carbamates (subject to hydrolysis) is 1. The van der Waals surface area contributed by atoms with Gasteiger partial charge in [-0.3, -0.25) is 4.79 Å². The van der Waals surface area contributed by atoms with Crippen LogP contribution in [-0.4, -0.2) is 171 Å². The molecule has 1 saturated carbocycles. The third-order valence-electron chi connectivity index (χ3n) is 10.1. The first-order valence-electron chi connectivity index (χ1n) is 20.1. The first kappa shape index (κ1) is 48.2. The molecule has 2 saturated heterocycles. The van der Waals surface area contributed by atoms with E-state index in [0.717, 1.165) is 4.90 Å². The molecule has 8 N–H and O–H groups in total. The van der Waals surface area contributed by atoms with Crippen LogP contribution in [0, 0.1) is 0 Å². The molecule has 0 bridgehead atoms. The molecule has 3 fully saturated rings. The van der Waals surface area contributed by atoms with Crippen molar-refractivity contribution in [3.63, 3.8) is 0 Å². The number of nitrogens with zero attached hydrogens (tertiary/aromatic N) is 2. The lowest BCUT2D eigenvalue weighted by atomic mass is 9.82. The van der Waals surface area contributed by atoms with Gasteiger partial charge in [0.05, 0.1) is 37.8 Å². The van der Waals surface area contributed by atoms with E-state index in [-0.39, 0.29) is 25.9 Å². The van der Waals surface area contributed by atoms with Crippen molar-refractivity contribution in [1.29, 1.82) is 0 Å². The molecule has 338 valence electrons. The lowest BCUT2D eigenvalue weighted by molar-refractivity contribution is -0.311. The van der Waals surface area contributed by atoms with Crippen molar-refractivity contribution >= 4 is 24.2 Å². The monoisotopic (exact) mass is 845 g/mol. The standard InChI is InChI=1S/C39H67N5O15/c1-35(2,3)57-32(48)42-23-17-22(41-31(47)39(52)15-16-44(19-39)34(50)59-37(7,8)9)28(25(45)27(23)55-24-14-12-13-21(18-40)54-24)56-30-26(46)29(38(10,51)20-53-30)43(11)33(49)58-36(4,5)6/h13,22-30,45-46,51-52H,12,14-20,40H2,1-11H3,(H,41,47)(H,42,48)/t22-,23+,24-,25+,26-,27-,28+,29-,30-,38+,39?/m1/s1. The molecule has 0 aromatic carbocycles. The second-order valence-corrected chi connectivity index (χ2v) is 19.0. The van der Waals surface area contributed by atoms with E-state index in [9.17, 15) is 39.6 Å². The Morgan fingerprint density at radius 1 is 0.915 bits per heavy atom. The highest BCUT2D eigenvalue weighted by Crippen LogP contribution is 2.35. The highest BCUT2D eigenvalue weighted by atomic mass is 16.7. The molecule has 0 aromatic rings. The van der Waals surface area contributed by atoms with E-state index < -0.39 is 120 Å². The Morgan fingerprint density at radius 3 is 2.10 bits per heavy atom. The minimum absolute atomic E-state index is 0.00000341. The molecule has 1 unspecified atom stereocenters. The molecule has 3 aliphatic heterocycles.